The van der Waals surface area contributed by atoms with Crippen LogP contribution in [-0.4, -0.2) is 48.7 Å². The number of hydrogen-bond acceptors (Lipinski definition) is 6. The fourth-order valence-electron chi connectivity index (χ4n) is 2.23. The first-order valence-electron chi connectivity index (χ1n) is 6.70. The number of aliphatic hydroxyl groups excluding tert-OH is 1. The van der Waals surface area contributed by atoms with Gasteiger partial charge < -0.3 is 20.1 Å². The van der Waals surface area contributed by atoms with Crippen LogP contribution in [0.25, 0.3) is 0 Å². The molecule has 0 aliphatic carbocycles. The highest BCUT2D eigenvalue weighted by molar-refractivity contribution is 6.32. The highest BCUT2D eigenvalue weighted by Crippen LogP contribution is 2.28. The number of carbonyl (C=O) groups excluding carboxylic acids is 2. The van der Waals surface area contributed by atoms with Gasteiger partial charge in [-0.15, -0.1) is 0 Å². The molecule has 1 heterocycles. The monoisotopic (exact) mass is 335 g/mol. The molecule has 1 aromatic rings. The normalized spacial score (nSPS) is 14.0. The summed E-state index contributed by atoms with van der Waals surface area (Å²) >= 11 is 5.96. The van der Waals surface area contributed by atoms with Crippen LogP contribution in [0.4, 0.5) is 5.69 Å². The fraction of sp³-hybridized carbons (Fsp3) is 0.267. The largest absolute Gasteiger partial charge is 0.466 e. The second kappa shape index (κ2) is 7.13. The molecule has 0 fully saturated rings. The van der Waals surface area contributed by atoms with Crippen molar-refractivity contribution >= 4 is 29.2 Å². The molecule has 1 aromatic carbocycles. The first-order valence-corrected chi connectivity index (χ1v) is 7.08. The van der Waals surface area contributed by atoms with Gasteiger partial charge >= 0.3 is 5.97 Å². The van der Waals surface area contributed by atoms with Crippen molar-refractivity contribution in [1.82, 2.24) is 4.90 Å². The van der Waals surface area contributed by atoms with Crippen molar-refractivity contribution < 1.29 is 19.4 Å². The van der Waals surface area contributed by atoms with Gasteiger partial charge in [0.2, 0.25) is 0 Å². The molecule has 0 saturated heterocycles. The van der Waals surface area contributed by atoms with Crippen molar-refractivity contribution in [2.75, 3.05) is 32.1 Å². The number of β-amino-alcohol motifs (C(OH)–C–C–N with tert-alkyl or cyclic N) is 1. The van der Waals surface area contributed by atoms with E-state index in [-0.39, 0.29) is 41.6 Å². The van der Waals surface area contributed by atoms with Crippen LogP contribution in [0, 0.1) is 11.3 Å². The zero-order chi connectivity index (χ0) is 17.0. The van der Waals surface area contributed by atoms with E-state index in [0.29, 0.717) is 5.69 Å². The number of rotatable bonds is 5. The second-order valence-electron chi connectivity index (χ2n) is 4.69. The van der Waals surface area contributed by atoms with Gasteiger partial charge in [-0.1, -0.05) is 17.7 Å². The number of amides is 1. The maximum Gasteiger partial charge on any atom is 0.337 e. The van der Waals surface area contributed by atoms with Crippen molar-refractivity contribution in [3.8, 4) is 6.07 Å². The third-order valence-corrected chi connectivity index (χ3v) is 3.65. The Morgan fingerprint density at radius 3 is 2.91 bits per heavy atom. The smallest absolute Gasteiger partial charge is 0.337 e. The minimum Gasteiger partial charge on any atom is -0.466 e. The van der Waals surface area contributed by atoms with Gasteiger partial charge in [-0.25, -0.2) is 4.79 Å². The molecule has 0 spiro atoms. The van der Waals surface area contributed by atoms with E-state index in [1.807, 2.05) is 6.07 Å². The Labute approximate surface area is 137 Å². The summed E-state index contributed by atoms with van der Waals surface area (Å²) in [6.45, 7) is -0.115. The zero-order valence-corrected chi connectivity index (χ0v) is 13.1. The number of nitrogens with one attached hydrogen (secondary N) is 1. The van der Waals surface area contributed by atoms with Crippen LogP contribution in [0.5, 0.6) is 0 Å². The summed E-state index contributed by atoms with van der Waals surface area (Å²) in [4.78, 5) is 25.6. The van der Waals surface area contributed by atoms with Crippen molar-refractivity contribution in [2.45, 2.75) is 0 Å². The van der Waals surface area contributed by atoms with E-state index < -0.39 is 11.9 Å². The number of hydrogen-bond donors (Lipinski definition) is 2. The van der Waals surface area contributed by atoms with Gasteiger partial charge in [-0.05, 0) is 12.1 Å². The molecular formula is C15H14ClN3O4. The lowest BCUT2D eigenvalue weighted by Crippen LogP contribution is -2.31. The average molecular weight is 336 g/mol. The Morgan fingerprint density at radius 2 is 2.30 bits per heavy atom. The van der Waals surface area contributed by atoms with Crippen molar-refractivity contribution in [2.24, 2.45) is 0 Å². The average Bonchev–Trinajstić information content (AvgIpc) is 2.84. The summed E-state index contributed by atoms with van der Waals surface area (Å²) in [6, 6.07) is 6.70. The number of aliphatic hydroxyl groups is 1. The van der Waals surface area contributed by atoms with Crippen LogP contribution in [0.15, 0.2) is 29.5 Å². The van der Waals surface area contributed by atoms with Gasteiger partial charge in [0.1, 0.15) is 11.8 Å². The molecule has 7 nitrogen and oxygen atoms in total. The molecule has 2 rings (SSSR count). The van der Waals surface area contributed by atoms with Crippen LogP contribution in [0.3, 0.4) is 0 Å². The first-order chi connectivity index (χ1) is 11.0. The number of anilines is 1. The Bertz CT molecular complexity index is 724. The van der Waals surface area contributed by atoms with Gasteiger partial charge in [0.25, 0.3) is 5.91 Å². The highest BCUT2D eigenvalue weighted by Gasteiger charge is 2.34. The van der Waals surface area contributed by atoms with Crippen molar-refractivity contribution in [1.29, 1.82) is 5.26 Å². The molecule has 0 aromatic heterocycles. The van der Waals surface area contributed by atoms with Gasteiger partial charge in [0, 0.05) is 6.54 Å². The minimum atomic E-state index is -0.651. The zero-order valence-electron chi connectivity index (χ0n) is 12.3. The van der Waals surface area contributed by atoms with E-state index in [1.165, 1.54) is 12.0 Å². The first kappa shape index (κ1) is 16.8. The summed E-state index contributed by atoms with van der Waals surface area (Å²) in [6.07, 6.45) is 0. The fourth-order valence-corrected chi connectivity index (χ4v) is 2.44. The number of methoxy groups -OCH3 is 1. The molecule has 1 aliphatic heterocycles. The van der Waals surface area contributed by atoms with Crippen LogP contribution in [-0.2, 0) is 14.3 Å². The molecule has 0 atom stereocenters. The lowest BCUT2D eigenvalue weighted by molar-refractivity contribution is -0.136. The second-order valence-corrected chi connectivity index (χ2v) is 5.10. The SMILES string of the molecule is COC(=O)C1=C(Nc2cccc(Cl)c2C#N)C(=O)N(CCO)C1. The van der Waals surface area contributed by atoms with Crippen LogP contribution in [0.1, 0.15) is 5.56 Å². The topological polar surface area (TPSA) is 103 Å². The van der Waals surface area contributed by atoms with Gasteiger partial charge in [-0.3, -0.25) is 4.79 Å². The lowest BCUT2D eigenvalue weighted by atomic mass is 10.1. The molecule has 0 radical (unpaired) electrons. The highest BCUT2D eigenvalue weighted by atomic mass is 35.5. The predicted octanol–water partition coefficient (Wildman–Crippen LogP) is 0.885. The molecule has 23 heavy (non-hydrogen) atoms. The van der Waals surface area contributed by atoms with Crippen LogP contribution in [0.2, 0.25) is 5.02 Å². The number of benzene rings is 1. The standard InChI is InChI=1S/C15H14ClN3O4/c1-23-15(22)10-8-19(5-6-20)14(21)13(10)18-12-4-2-3-11(16)9(12)7-17/h2-4,18,20H,5-6,8H2,1H3. The van der Waals surface area contributed by atoms with Crippen molar-refractivity contribution in [3.05, 3.63) is 40.1 Å². The van der Waals surface area contributed by atoms with E-state index in [4.69, 9.17) is 16.7 Å². The lowest BCUT2D eigenvalue weighted by Gasteiger charge is -2.15. The third-order valence-electron chi connectivity index (χ3n) is 3.34. The number of nitrogens with zero attached hydrogens (tertiary/aromatic N) is 2. The molecule has 8 heteroatoms. The van der Waals surface area contributed by atoms with E-state index >= 15 is 0 Å². The quantitative estimate of drug-likeness (QED) is 0.774. The van der Waals surface area contributed by atoms with Gasteiger partial charge in [-0.2, -0.15) is 5.26 Å². The number of carbonyl (C=O) groups is 2. The Hall–Kier alpha value is -2.56. The van der Waals surface area contributed by atoms with Crippen molar-refractivity contribution in [3.63, 3.8) is 0 Å². The van der Waals surface area contributed by atoms with Gasteiger partial charge in [0.15, 0.2) is 0 Å². The van der Waals surface area contributed by atoms with E-state index in [1.54, 1.807) is 18.2 Å². The van der Waals surface area contributed by atoms with Crippen LogP contribution >= 0.6 is 11.6 Å². The Balaban J connectivity index is 2.42. The molecule has 2 N–H and O–H groups in total. The van der Waals surface area contributed by atoms with Crippen LogP contribution < -0.4 is 5.32 Å². The summed E-state index contributed by atoms with van der Waals surface area (Å²) in [5.41, 5.74) is 0.633. The van der Waals surface area contributed by atoms with Gasteiger partial charge in [0.05, 0.1) is 42.1 Å². The summed E-state index contributed by atoms with van der Waals surface area (Å²) in [5.74, 6) is -1.11. The third kappa shape index (κ3) is 3.28. The summed E-state index contributed by atoms with van der Waals surface area (Å²) < 4.78 is 4.69. The summed E-state index contributed by atoms with van der Waals surface area (Å²) in [5, 5.41) is 21.2. The molecule has 1 aliphatic rings. The number of ether oxygens (including phenoxy) is 1. The number of esters is 1. The summed E-state index contributed by atoms with van der Waals surface area (Å²) in [7, 11) is 1.21. The number of halogens is 1. The maximum absolute atomic E-state index is 12.4. The molecule has 120 valence electrons. The predicted molar refractivity (Wildman–Crippen MR) is 82.5 cm³/mol. The molecule has 0 saturated carbocycles. The molecular weight excluding hydrogens is 322 g/mol. The minimum absolute atomic E-state index is 0.0177. The number of nitriles is 1. The molecule has 0 bridgehead atoms. The maximum atomic E-state index is 12.4. The Morgan fingerprint density at radius 1 is 1.57 bits per heavy atom. The van der Waals surface area contributed by atoms with E-state index in [9.17, 15) is 14.9 Å². The molecule has 1 amide bonds. The van der Waals surface area contributed by atoms with E-state index in [2.05, 4.69) is 10.1 Å². The van der Waals surface area contributed by atoms with E-state index in [0.717, 1.165) is 0 Å². The molecule has 0 unspecified atom stereocenters. The Kier molecular flexibility index (Phi) is 5.21.